The standard InChI is InChI=1S/C14H17NO5S/c1-10(16)11-3-2-4-13(7-11)20-8-14(17)15-12-5-6-21(18,19)9-12/h2-4,7,12H,5-6,8-9H2,1H3,(H,15,17)/t12-/m0/s1. The Morgan fingerprint density at radius 2 is 2.14 bits per heavy atom. The van der Waals surface area contributed by atoms with E-state index >= 15 is 0 Å². The number of ether oxygens (including phenoxy) is 1. The summed E-state index contributed by atoms with van der Waals surface area (Å²) in [6.07, 6.45) is 0.438. The highest BCUT2D eigenvalue weighted by atomic mass is 32.2. The zero-order valence-electron chi connectivity index (χ0n) is 11.7. The minimum atomic E-state index is -3.02. The fourth-order valence-electron chi connectivity index (χ4n) is 2.13. The van der Waals surface area contributed by atoms with Crippen molar-refractivity contribution >= 4 is 21.5 Å². The van der Waals surface area contributed by atoms with E-state index in [1.165, 1.54) is 6.92 Å². The van der Waals surface area contributed by atoms with Crippen molar-refractivity contribution in [3.8, 4) is 5.75 Å². The lowest BCUT2D eigenvalue weighted by atomic mass is 10.1. The number of sulfone groups is 1. The maximum Gasteiger partial charge on any atom is 0.258 e. The van der Waals surface area contributed by atoms with Gasteiger partial charge in [-0.2, -0.15) is 0 Å². The summed E-state index contributed by atoms with van der Waals surface area (Å²) in [5.74, 6) is 0.0705. The van der Waals surface area contributed by atoms with Crippen LogP contribution in [0.5, 0.6) is 5.75 Å². The lowest BCUT2D eigenvalue weighted by Gasteiger charge is -2.11. The molecule has 0 aromatic heterocycles. The van der Waals surface area contributed by atoms with E-state index in [2.05, 4.69) is 5.32 Å². The van der Waals surface area contributed by atoms with Crippen LogP contribution in [0.4, 0.5) is 0 Å². The first kappa shape index (κ1) is 15.5. The van der Waals surface area contributed by atoms with E-state index < -0.39 is 9.84 Å². The largest absolute Gasteiger partial charge is 0.484 e. The number of hydrogen-bond acceptors (Lipinski definition) is 5. The second-order valence-corrected chi connectivity index (χ2v) is 7.27. The zero-order chi connectivity index (χ0) is 15.5. The first-order valence-electron chi connectivity index (χ1n) is 6.59. The van der Waals surface area contributed by atoms with Crippen molar-refractivity contribution in [2.24, 2.45) is 0 Å². The number of carbonyl (C=O) groups is 2. The average Bonchev–Trinajstić information content (AvgIpc) is 2.76. The minimum Gasteiger partial charge on any atom is -0.484 e. The van der Waals surface area contributed by atoms with Crippen LogP contribution in [-0.4, -0.2) is 44.3 Å². The number of nitrogens with one attached hydrogen (secondary N) is 1. The number of rotatable bonds is 5. The van der Waals surface area contributed by atoms with Crippen LogP contribution in [0.1, 0.15) is 23.7 Å². The third-order valence-corrected chi connectivity index (χ3v) is 4.98. The SMILES string of the molecule is CC(=O)c1cccc(OCC(=O)N[C@H]2CCS(=O)(=O)C2)c1. The van der Waals surface area contributed by atoms with Gasteiger partial charge < -0.3 is 10.1 Å². The predicted molar refractivity (Wildman–Crippen MR) is 77.1 cm³/mol. The molecule has 1 aliphatic rings. The molecule has 1 aliphatic heterocycles. The maximum atomic E-state index is 11.7. The third-order valence-electron chi connectivity index (χ3n) is 3.21. The molecule has 1 saturated heterocycles. The first-order chi connectivity index (χ1) is 9.85. The number of hydrogen-bond donors (Lipinski definition) is 1. The molecule has 7 heteroatoms. The number of Topliss-reactive ketones (excluding diaryl/α,β-unsaturated/α-hetero) is 1. The molecule has 114 valence electrons. The normalized spacial score (nSPS) is 20.0. The Labute approximate surface area is 123 Å². The molecule has 1 aromatic carbocycles. The fourth-order valence-corrected chi connectivity index (χ4v) is 3.81. The molecule has 0 saturated carbocycles. The van der Waals surface area contributed by atoms with Crippen LogP contribution < -0.4 is 10.1 Å². The van der Waals surface area contributed by atoms with Gasteiger partial charge in [0.15, 0.2) is 22.2 Å². The van der Waals surface area contributed by atoms with Crippen molar-refractivity contribution in [2.45, 2.75) is 19.4 Å². The van der Waals surface area contributed by atoms with E-state index in [0.717, 1.165) is 0 Å². The molecule has 1 fully saturated rings. The summed E-state index contributed by atoms with van der Waals surface area (Å²) in [6.45, 7) is 1.24. The van der Waals surface area contributed by atoms with Gasteiger partial charge >= 0.3 is 0 Å². The first-order valence-corrected chi connectivity index (χ1v) is 8.41. The molecule has 0 spiro atoms. The van der Waals surface area contributed by atoms with Crippen LogP contribution in [0.25, 0.3) is 0 Å². The second kappa shape index (κ2) is 6.26. The number of carbonyl (C=O) groups excluding carboxylic acids is 2. The molecule has 0 unspecified atom stereocenters. The van der Waals surface area contributed by atoms with Gasteiger partial charge in [-0.25, -0.2) is 8.42 Å². The van der Waals surface area contributed by atoms with Crippen LogP contribution in [0.2, 0.25) is 0 Å². The van der Waals surface area contributed by atoms with Crippen molar-refractivity contribution in [1.29, 1.82) is 0 Å². The summed E-state index contributed by atoms with van der Waals surface area (Å²) in [7, 11) is -3.02. The van der Waals surface area contributed by atoms with E-state index in [1.807, 2.05) is 0 Å². The summed E-state index contributed by atoms with van der Waals surface area (Å²) in [4.78, 5) is 22.9. The summed E-state index contributed by atoms with van der Waals surface area (Å²) < 4.78 is 27.9. The van der Waals surface area contributed by atoms with Crippen molar-refractivity contribution in [3.05, 3.63) is 29.8 Å². The maximum absolute atomic E-state index is 11.7. The molecule has 0 aliphatic carbocycles. The Morgan fingerprint density at radius 1 is 1.38 bits per heavy atom. The summed E-state index contributed by atoms with van der Waals surface area (Å²) >= 11 is 0. The van der Waals surface area contributed by atoms with Gasteiger partial charge in [0.1, 0.15) is 5.75 Å². The van der Waals surface area contributed by atoms with Gasteiger partial charge in [0.25, 0.3) is 5.91 Å². The lowest BCUT2D eigenvalue weighted by molar-refractivity contribution is -0.123. The van der Waals surface area contributed by atoms with E-state index in [-0.39, 0.29) is 35.8 Å². The van der Waals surface area contributed by atoms with Crippen molar-refractivity contribution in [2.75, 3.05) is 18.1 Å². The van der Waals surface area contributed by atoms with E-state index in [4.69, 9.17) is 4.74 Å². The van der Waals surface area contributed by atoms with Gasteiger partial charge in [-0.1, -0.05) is 12.1 Å². The molecule has 1 aromatic rings. The Hall–Kier alpha value is -1.89. The number of ketones is 1. The minimum absolute atomic E-state index is 0.0153. The van der Waals surface area contributed by atoms with Crippen LogP contribution >= 0.6 is 0 Å². The third kappa shape index (κ3) is 4.56. The molecule has 2 rings (SSSR count). The van der Waals surface area contributed by atoms with Crippen molar-refractivity contribution in [3.63, 3.8) is 0 Å². The topological polar surface area (TPSA) is 89.5 Å². The highest BCUT2D eigenvalue weighted by Gasteiger charge is 2.28. The van der Waals surface area contributed by atoms with E-state index in [9.17, 15) is 18.0 Å². The van der Waals surface area contributed by atoms with Crippen molar-refractivity contribution in [1.82, 2.24) is 5.32 Å². The van der Waals surface area contributed by atoms with Crippen LogP contribution in [0.15, 0.2) is 24.3 Å². The van der Waals surface area contributed by atoms with Gasteiger partial charge in [0.05, 0.1) is 11.5 Å². The quantitative estimate of drug-likeness (QED) is 0.803. The van der Waals surface area contributed by atoms with Gasteiger partial charge in [-0.3, -0.25) is 9.59 Å². The smallest absolute Gasteiger partial charge is 0.258 e. The van der Waals surface area contributed by atoms with E-state index in [1.54, 1.807) is 24.3 Å². The van der Waals surface area contributed by atoms with Gasteiger partial charge in [0.2, 0.25) is 0 Å². The highest BCUT2D eigenvalue weighted by Crippen LogP contribution is 2.14. The number of benzene rings is 1. The summed E-state index contributed by atoms with van der Waals surface area (Å²) in [5.41, 5.74) is 0.509. The second-order valence-electron chi connectivity index (χ2n) is 5.04. The van der Waals surface area contributed by atoms with Crippen LogP contribution in [0.3, 0.4) is 0 Å². The zero-order valence-corrected chi connectivity index (χ0v) is 12.5. The molecule has 1 amide bonds. The van der Waals surface area contributed by atoms with Gasteiger partial charge in [-0.15, -0.1) is 0 Å². The van der Waals surface area contributed by atoms with Gasteiger partial charge in [0, 0.05) is 11.6 Å². The molecule has 1 heterocycles. The molecule has 1 atom stereocenters. The fraction of sp³-hybridized carbons (Fsp3) is 0.429. The number of amides is 1. The monoisotopic (exact) mass is 311 g/mol. The molecule has 0 bridgehead atoms. The molecule has 1 N–H and O–H groups in total. The Balaban J connectivity index is 1.84. The summed E-state index contributed by atoms with van der Waals surface area (Å²) in [6, 6.07) is 6.22. The Bertz CT molecular complexity index is 653. The lowest BCUT2D eigenvalue weighted by Crippen LogP contribution is -2.38. The van der Waals surface area contributed by atoms with E-state index in [0.29, 0.717) is 17.7 Å². The van der Waals surface area contributed by atoms with Crippen molar-refractivity contribution < 1.29 is 22.7 Å². The van der Waals surface area contributed by atoms with Gasteiger partial charge in [-0.05, 0) is 25.5 Å². The Morgan fingerprint density at radius 3 is 2.76 bits per heavy atom. The molecule has 6 nitrogen and oxygen atoms in total. The predicted octanol–water partition coefficient (Wildman–Crippen LogP) is 0.571. The highest BCUT2D eigenvalue weighted by molar-refractivity contribution is 7.91. The summed E-state index contributed by atoms with van der Waals surface area (Å²) in [5, 5.41) is 2.63. The molecular formula is C14H17NO5S. The average molecular weight is 311 g/mol. The molecular weight excluding hydrogens is 294 g/mol. The Kier molecular flexibility index (Phi) is 4.62. The molecule has 21 heavy (non-hydrogen) atoms. The van der Waals surface area contributed by atoms with Crippen LogP contribution in [-0.2, 0) is 14.6 Å². The van der Waals surface area contributed by atoms with Crippen LogP contribution in [0, 0.1) is 0 Å². The molecule has 0 radical (unpaired) electrons.